The molecular weight excluding hydrogens is 424 g/mol. The first-order valence-corrected chi connectivity index (χ1v) is 12.0. The lowest BCUT2D eigenvalue weighted by molar-refractivity contribution is 0.121. The maximum absolute atomic E-state index is 9.17. The zero-order valence-electron chi connectivity index (χ0n) is 19.7. The number of hydrogen-bond acceptors (Lipinski definition) is 7. The van der Waals surface area contributed by atoms with Crippen LogP contribution >= 0.6 is 0 Å². The number of nitrogens with one attached hydrogen (secondary N) is 2. The van der Waals surface area contributed by atoms with Crippen LogP contribution in [0.25, 0.3) is 0 Å². The molecule has 0 radical (unpaired) electrons. The molecule has 1 saturated heterocycles. The lowest BCUT2D eigenvalue weighted by Crippen LogP contribution is -2.35. The number of benzene rings is 2. The lowest BCUT2D eigenvalue weighted by atomic mass is 10.2. The molecule has 3 aromatic rings. The highest BCUT2D eigenvalue weighted by Crippen LogP contribution is 2.23. The molecule has 2 aromatic carbocycles. The number of aromatic nitrogens is 2. The number of nitriles is 1. The van der Waals surface area contributed by atoms with Crippen LogP contribution in [0.4, 0.5) is 17.5 Å². The summed E-state index contributed by atoms with van der Waals surface area (Å²) in [6.45, 7) is 6.18. The van der Waals surface area contributed by atoms with E-state index in [0.717, 1.165) is 56.1 Å². The van der Waals surface area contributed by atoms with Crippen molar-refractivity contribution in [2.24, 2.45) is 0 Å². The first kappa shape index (κ1) is 23.7. The molecule has 1 aliphatic rings. The van der Waals surface area contributed by atoms with Crippen molar-refractivity contribution < 1.29 is 4.74 Å². The molecular formula is C27H32N6O. The van der Waals surface area contributed by atoms with E-state index in [9.17, 15) is 0 Å². The van der Waals surface area contributed by atoms with E-state index in [1.807, 2.05) is 36.4 Å². The van der Waals surface area contributed by atoms with Crippen LogP contribution in [0.2, 0.25) is 0 Å². The molecule has 7 heteroatoms. The molecule has 1 aromatic heterocycles. The lowest BCUT2D eigenvalue weighted by Gasteiger charge is -2.20. The van der Waals surface area contributed by atoms with E-state index in [4.69, 9.17) is 20.0 Å². The minimum atomic E-state index is 0.411. The molecule has 0 saturated carbocycles. The number of rotatable bonds is 11. The van der Waals surface area contributed by atoms with Gasteiger partial charge < -0.3 is 20.3 Å². The summed E-state index contributed by atoms with van der Waals surface area (Å²) in [5.74, 6) is 1.52. The Bertz CT molecular complexity index is 1100. The highest BCUT2D eigenvalue weighted by atomic mass is 16.5. The Morgan fingerprint density at radius 1 is 1.12 bits per heavy atom. The molecule has 0 spiro atoms. The van der Waals surface area contributed by atoms with Crippen molar-refractivity contribution in [2.75, 3.05) is 36.5 Å². The van der Waals surface area contributed by atoms with Crippen molar-refractivity contribution in [3.8, 4) is 6.07 Å². The summed E-state index contributed by atoms with van der Waals surface area (Å²) >= 11 is 0. The third-order valence-corrected chi connectivity index (χ3v) is 5.82. The summed E-state index contributed by atoms with van der Waals surface area (Å²) in [5, 5.41) is 16.1. The standard InChI is InChI=1S/C27H32N6O/c1-2-7-23-17-26(32-27(30-23)31-24-11-6-10-22(16-24)18-28)33-14-12-25(19-33)29-13-15-34-20-21-8-4-3-5-9-21/h3-6,8-11,16-17,25,29H,2,7,12-15,19-20H2,1H3,(H,30,31,32). The van der Waals surface area contributed by atoms with Gasteiger partial charge in [0.25, 0.3) is 0 Å². The average Bonchev–Trinajstić information content (AvgIpc) is 3.34. The predicted molar refractivity (Wildman–Crippen MR) is 135 cm³/mol. The molecule has 176 valence electrons. The van der Waals surface area contributed by atoms with E-state index in [0.29, 0.717) is 30.8 Å². The van der Waals surface area contributed by atoms with E-state index >= 15 is 0 Å². The van der Waals surface area contributed by atoms with E-state index < -0.39 is 0 Å². The minimum absolute atomic E-state index is 0.411. The highest BCUT2D eigenvalue weighted by Gasteiger charge is 2.24. The summed E-state index contributed by atoms with van der Waals surface area (Å²) in [5.41, 5.74) is 3.65. The Morgan fingerprint density at radius 3 is 2.82 bits per heavy atom. The molecule has 4 rings (SSSR count). The summed E-state index contributed by atoms with van der Waals surface area (Å²) in [6, 6.07) is 22.3. The zero-order valence-corrected chi connectivity index (χ0v) is 19.7. The third-order valence-electron chi connectivity index (χ3n) is 5.82. The highest BCUT2D eigenvalue weighted by molar-refractivity contribution is 5.58. The number of ether oxygens (including phenoxy) is 1. The second-order valence-corrected chi connectivity index (χ2v) is 8.53. The van der Waals surface area contributed by atoms with Gasteiger partial charge in [0.1, 0.15) is 5.82 Å². The number of anilines is 3. The minimum Gasteiger partial charge on any atom is -0.375 e. The fourth-order valence-electron chi connectivity index (χ4n) is 4.12. The molecule has 1 unspecified atom stereocenters. The van der Waals surface area contributed by atoms with Crippen molar-refractivity contribution in [1.82, 2.24) is 15.3 Å². The Kier molecular flexibility index (Phi) is 8.44. The van der Waals surface area contributed by atoms with Crippen LogP contribution in [0.5, 0.6) is 0 Å². The van der Waals surface area contributed by atoms with Crippen molar-refractivity contribution in [3.05, 3.63) is 77.5 Å². The smallest absolute Gasteiger partial charge is 0.229 e. The van der Waals surface area contributed by atoms with Crippen LogP contribution in [0.3, 0.4) is 0 Å². The van der Waals surface area contributed by atoms with Gasteiger partial charge in [0.2, 0.25) is 5.95 Å². The fourth-order valence-corrected chi connectivity index (χ4v) is 4.12. The van der Waals surface area contributed by atoms with Crippen molar-refractivity contribution in [1.29, 1.82) is 5.26 Å². The molecule has 7 nitrogen and oxygen atoms in total. The van der Waals surface area contributed by atoms with Crippen molar-refractivity contribution in [3.63, 3.8) is 0 Å². The maximum Gasteiger partial charge on any atom is 0.229 e. The molecule has 2 heterocycles. The third kappa shape index (κ3) is 6.77. The van der Waals surface area contributed by atoms with E-state index in [1.54, 1.807) is 6.07 Å². The van der Waals surface area contributed by atoms with Crippen molar-refractivity contribution >= 4 is 17.5 Å². The van der Waals surface area contributed by atoms with Gasteiger partial charge in [0, 0.05) is 43.1 Å². The Morgan fingerprint density at radius 2 is 2.00 bits per heavy atom. The summed E-state index contributed by atoms with van der Waals surface area (Å²) in [4.78, 5) is 11.8. The Balaban J connectivity index is 1.32. The summed E-state index contributed by atoms with van der Waals surface area (Å²) < 4.78 is 5.80. The van der Waals surface area contributed by atoms with Crippen LogP contribution in [-0.4, -0.2) is 42.3 Å². The van der Waals surface area contributed by atoms with E-state index in [2.05, 4.69) is 46.7 Å². The summed E-state index contributed by atoms with van der Waals surface area (Å²) in [7, 11) is 0. The SMILES string of the molecule is CCCc1cc(N2CCC(NCCOCc3ccccc3)C2)nc(Nc2cccc(C#N)c2)n1. The predicted octanol–water partition coefficient (Wildman–Crippen LogP) is 4.43. The van der Waals surface area contributed by atoms with Gasteiger partial charge >= 0.3 is 0 Å². The molecule has 1 atom stereocenters. The molecule has 0 bridgehead atoms. The molecule has 1 aliphatic heterocycles. The van der Waals surface area contributed by atoms with Gasteiger partial charge in [-0.05, 0) is 36.6 Å². The quantitative estimate of drug-likeness (QED) is 0.413. The fraction of sp³-hybridized carbons (Fsp3) is 0.370. The Hall–Kier alpha value is -3.47. The van der Waals surface area contributed by atoms with Crippen LogP contribution in [0, 0.1) is 11.3 Å². The van der Waals surface area contributed by atoms with Gasteiger partial charge in [-0.2, -0.15) is 10.2 Å². The molecule has 0 amide bonds. The monoisotopic (exact) mass is 456 g/mol. The molecule has 0 aliphatic carbocycles. The first-order chi connectivity index (χ1) is 16.7. The van der Waals surface area contributed by atoms with E-state index in [1.165, 1.54) is 5.56 Å². The second-order valence-electron chi connectivity index (χ2n) is 8.53. The first-order valence-electron chi connectivity index (χ1n) is 12.0. The van der Waals surface area contributed by atoms with Crippen LogP contribution in [0.1, 0.15) is 36.6 Å². The topological polar surface area (TPSA) is 86.1 Å². The van der Waals surface area contributed by atoms with Gasteiger partial charge in [-0.25, -0.2) is 4.98 Å². The normalized spacial score (nSPS) is 15.3. The Labute approximate surface area is 201 Å². The average molecular weight is 457 g/mol. The molecule has 2 N–H and O–H groups in total. The van der Waals surface area contributed by atoms with Crippen LogP contribution in [-0.2, 0) is 17.8 Å². The van der Waals surface area contributed by atoms with Gasteiger partial charge in [0.05, 0.1) is 24.8 Å². The van der Waals surface area contributed by atoms with Crippen molar-refractivity contribution in [2.45, 2.75) is 38.8 Å². The number of nitrogens with zero attached hydrogens (tertiary/aromatic N) is 4. The van der Waals surface area contributed by atoms with Crippen LogP contribution in [0.15, 0.2) is 60.7 Å². The summed E-state index contributed by atoms with van der Waals surface area (Å²) in [6.07, 6.45) is 2.99. The largest absolute Gasteiger partial charge is 0.375 e. The van der Waals surface area contributed by atoms with Gasteiger partial charge in [-0.3, -0.25) is 0 Å². The maximum atomic E-state index is 9.17. The van der Waals surface area contributed by atoms with Crippen LogP contribution < -0.4 is 15.5 Å². The van der Waals surface area contributed by atoms with E-state index in [-0.39, 0.29) is 0 Å². The molecule has 34 heavy (non-hydrogen) atoms. The van der Waals surface area contributed by atoms with Gasteiger partial charge in [-0.15, -0.1) is 0 Å². The second kappa shape index (κ2) is 12.1. The van der Waals surface area contributed by atoms with Gasteiger partial charge in [-0.1, -0.05) is 49.7 Å². The molecule has 1 fully saturated rings. The number of aryl methyl sites for hydroxylation is 1. The zero-order chi connectivity index (χ0) is 23.6. The van der Waals surface area contributed by atoms with Gasteiger partial charge in [0.15, 0.2) is 0 Å². The number of hydrogen-bond donors (Lipinski definition) is 2.